The summed E-state index contributed by atoms with van der Waals surface area (Å²) in [5, 5.41) is 0. The molecule has 19 heavy (non-hydrogen) atoms. The molecule has 1 aliphatic heterocycles. The molecule has 1 spiro atoms. The summed E-state index contributed by atoms with van der Waals surface area (Å²) in [6.45, 7) is 10.5. The lowest BCUT2D eigenvalue weighted by atomic mass is 9.57. The smallest absolute Gasteiger partial charge is 0.169 e. The van der Waals surface area contributed by atoms with Crippen LogP contribution in [0.25, 0.3) is 0 Å². The van der Waals surface area contributed by atoms with Gasteiger partial charge in [-0.05, 0) is 22.7 Å². The molecule has 4 rings (SSSR count). The predicted octanol–water partition coefficient (Wildman–Crippen LogP) is 2.64. The van der Waals surface area contributed by atoms with E-state index >= 15 is 0 Å². The number of carbonyl (C=O) groups is 1. The van der Waals surface area contributed by atoms with Crippen molar-refractivity contribution >= 4 is 5.78 Å². The van der Waals surface area contributed by atoms with Crippen LogP contribution in [0.3, 0.4) is 0 Å². The molecule has 5 atom stereocenters. The van der Waals surface area contributed by atoms with Gasteiger partial charge in [0.15, 0.2) is 5.79 Å². The van der Waals surface area contributed by atoms with Crippen LogP contribution in [-0.4, -0.2) is 24.8 Å². The van der Waals surface area contributed by atoms with Crippen LogP contribution in [0.4, 0.5) is 0 Å². The van der Waals surface area contributed by atoms with Crippen LogP contribution in [-0.2, 0) is 14.3 Å². The first-order chi connectivity index (χ1) is 8.83. The molecular formula is C16H24O3. The number of fused-ring (bicyclic) bond motifs is 3. The van der Waals surface area contributed by atoms with E-state index in [-0.39, 0.29) is 16.7 Å². The SMILES string of the molecule is C[C@@H]1CC2(CC3C(=O)[C@H]4[C@H](C4(C)C)[C@]31C)OCCO2. The Morgan fingerprint density at radius 1 is 1.11 bits per heavy atom. The van der Waals surface area contributed by atoms with Gasteiger partial charge in [-0.15, -0.1) is 0 Å². The fraction of sp³-hybridized carbons (Fsp3) is 0.938. The second-order valence-electron chi connectivity index (χ2n) is 8.01. The molecule has 0 aromatic carbocycles. The molecule has 3 heteroatoms. The molecule has 0 bridgehead atoms. The van der Waals surface area contributed by atoms with Crippen molar-refractivity contribution in [3.63, 3.8) is 0 Å². The summed E-state index contributed by atoms with van der Waals surface area (Å²) in [7, 11) is 0. The molecule has 106 valence electrons. The van der Waals surface area contributed by atoms with Crippen molar-refractivity contribution < 1.29 is 14.3 Å². The third-order valence-electron chi connectivity index (χ3n) is 6.91. The highest BCUT2D eigenvalue weighted by molar-refractivity contribution is 5.92. The lowest BCUT2D eigenvalue weighted by Crippen LogP contribution is -2.51. The largest absolute Gasteiger partial charge is 0.348 e. The topological polar surface area (TPSA) is 35.5 Å². The van der Waals surface area contributed by atoms with Crippen LogP contribution >= 0.6 is 0 Å². The van der Waals surface area contributed by atoms with Crippen LogP contribution in [0.5, 0.6) is 0 Å². The summed E-state index contributed by atoms with van der Waals surface area (Å²) in [6.07, 6.45) is 1.74. The monoisotopic (exact) mass is 264 g/mol. The Bertz CT molecular complexity index is 449. The molecular weight excluding hydrogens is 240 g/mol. The first-order valence-corrected chi connectivity index (χ1v) is 7.64. The van der Waals surface area contributed by atoms with Gasteiger partial charge in [-0.3, -0.25) is 4.79 Å². The molecule has 3 saturated carbocycles. The summed E-state index contributed by atoms with van der Waals surface area (Å²) in [4.78, 5) is 12.8. The zero-order valence-corrected chi connectivity index (χ0v) is 12.4. The normalized spacial score (nSPS) is 53.2. The van der Waals surface area contributed by atoms with E-state index in [0.717, 1.165) is 12.8 Å². The number of ketones is 1. The van der Waals surface area contributed by atoms with Gasteiger partial charge >= 0.3 is 0 Å². The Hall–Kier alpha value is -0.410. The lowest BCUT2D eigenvalue weighted by molar-refractivity contribution is -0.221. The molecule has 0 aromatic rings. The highest BCUT2D eigenvalue weighted by Gasteiger charge is 2.79. The average Bonchev–Trinajstić information content (AvgIpc) is 2.65. The van der Waals surface area contributed by atoms with Crippen LogP contribution < -0.4 is 0 Å². The van der Waals surface area contributed by atoms with Crippen molar-refractivity contribution in [1.82, 2.24) is 0 Å². The van der Waals surface area contributed by atoms with Crippen LogP contribution in [0, 0.1) is 34.5 Å². The van der Waals surface area contributed by atoms with Gasteiger partial charge in [-0.1, -0.05) is 27.7 Å². The molecule has 0 N–H and O–H groups in total. The summed E-state index contributed by atoms with van der Waals surface area (Å²) in [5.74, 6) is 1.55. The molecule has 0 amide bonds. The van der Waals surface area contributed by atoms with E-state index in [0.29, 0.717) is 36.8 Å². The Balaban J connectivity index is 1.72. The van der Waals surface area contributed by atoms with Crippen molar-refractivity contribution in [2.75, 3.05) is 13.2 Å². The van der Waals surface area contributed by atoms with Gasteiger partial charge in [0, 0.05) is 24.7 Å². The molecule has 3 aliphatic carbocycles. The van der Waals surface area contributed by atoms with Gasteiger partial charge in [0.05, 0.1) is 13.2 Å². The van der Waals surface area contributed by atoms with Crippen LogP contribution in [0.15, 0.2) is 0 Å². The van der Waals surface area contributed by atoms with E-state index in [2.05, 4.69) is 27.7 Å². The van der Waals surface area contributed by atoms with Gasteiger partial charge in [-0.25, -0.2) is 0 Å². The summed E-state index contributed by atoms with van der Waals surface area (Å²) in [5.41, 5.74) is 0.379. The quantitative estimate of drug-likeness (QED) is 0.674. The van der Waals surface area contributed by atoms with E-state index in [9.17, 15) is 4.79 Å². The van der Waals surface area contributed by atoms with Gasteiger partial charge in [0.25, 0.3) is 0 Å². The molecule has 4 aliphatic rings. The molecule has 1 heterocycles. The maximum absolute atomic E-state index is 12.8. The zero-order chi connectivity index (χ0) is 13.6. The number of carbonyl (C=O) groups excluding carboxylic acids is 1. The van der Waals surface area contributed by atoms with Crippen LogP contribution in [0.1, 0.15) is 40.5 Å². The molecule has 4 fully saturated rings. The van der Waals surface area contributed by atoms with Crippen LogP contribution in [0.2, 0.25) is 0 Å². The molecule has 3 nitrogen and oxygen atoms in total. The lowest BCUT2D eigenvalue weighted by Gasteiger charge is -2.50. The highest BCUT2D eigenvalue weighted by atomic mass is 16.7. The summed E-state index contributed by atoms with van der Waals surface area (Å²) < 4.78 is 11.8. The minimum absolute atomic E-state index is 0.150. The second-order valence-corrected chi connectivity index (χ2v) is 8.01. The number of hydrogen-bond acceptors (Lipinski definition) is 3. The Morgan fingerprint density at radius 3 is 2.37 bits per heavy atom. The third kappa shape index (κ3) is 1.25. The van der Waals surface area contributed by atoms with Gasteiger partial charge in [0.2, 0.25) is 0 Å². The Labute approximate surface area is 115 Å². The number of rotatable bonds is 0. The van der Waals surface area contributed by atoms with E-state index in [1.54, 1.807) is 0 Å². The fourth-order valence-corrected chi connectivity index (χ4v) is 5.85. The van der Waals surface area contributed by atoms with Crippen molar-refractivity contribution in [3.05, 3.63) is 0 Å². The maximum atomic E-state index is 12.8. The first-order valence-electron chi connectivity index (χ1n) is 7.64. The minimum atomic E-state index is -0.444. The standard InChI is InChI=1S/C16H24O3/c1-9-7-16(18-5-6-19-16)8-10-12(17)11-13(14(11,2)3)15(9,10)4/h9-11,13H,5-8H2,1-4H3/t9-,10?,11+,13-,15+/m1/s1. The van der Waals surface area contributed by atoms with E-state index in [1.807, 2.05) is 0 Å². The maximum Gasteiger partial charge on any atom is 0.169 e. The fourth-order valence-electron chi connectivity index (χ4n) is 5.85. The van der Waals surface area contributed by atoms with Crippen molar-refractivity contribution in [2.24, 2.45) is 34.5 Å². The van der Waals surface area contributed by atoms with Gasteiger partial charge in [-0.2, -0.15) is 0 Å². The minimum Gasteiger partial charge on any atom is -0.348 e. The van der Waals surface area contributed by atoms with Crippen molar-refractivity contribution in [1.29, 1.82) is 0 Å². The summed E-state index contributed by atoms with van der Waals surface area (Å²) >= 11 is 0. The zero-order valence-electron chi connectivity index (χ0n) is 12.4. The van der Waals surface area contributed by atoms with Crippen molar-refractivity contribution in [3.8, 4) is 0 Å². The summed E-state index contributed by atoms with van der Waals surface area (Å²) in [6, 6.07) is 0. The predicted molar refractivity (Wildman–Crippen MR) is 70.4 cm³/mol. The molecule has 1 saturated heterocycles. The van der Waals surface area contributed by atoms with Gasteiger partial charge < -0.3 is 9.47 Å². The van der Waals surface area contributed by atoms with Crippen molar-refractivity contribution in [2.45, 2.75) is 46.3 Å². The number of Topliss-reactive ketones (excluding diaryl/α,β-unsaturated/α-hetero) is 1. The highest BCUT2D eigenvalue weighted by Crippen LogP contribution is 2.78. The second kappa shape index (κ2) is 3.25. The third-order valence-corrected chi connectivity index (χ3v) is 6.91. The Kier molecular flexibility index (Phi) is 2.11. The average molecular weight is 264 g/mol. The molecule has 1 unspecified atom stereocenters. The number of hydrogen-bond donors (Lipinski definition) is 0. The van der Waals surface area contributed by atoms with E-state index in [1.165, 1.54) is 0 Å². The van der Waals surface area contributed by atoms with Gasteiger partial charge in [0.1, 0.15) is 5.78 Å². The van der Waals surface area contributed by atoms with E-state index in [4.69, 9.17) is 9.47 Å². The molecule has 0 radical (unpaired) electrons. The molecule has 0 aromatic heterocycles. The first kappa shape index (κ1) is 12.3. The van der Waals surface area contributed by atoms with E-state index < -0.39 is 5.79 Å². The Morgan fingerprint density at radius 2 is 1.74 bits per heavy atom. The number of ether oxygens (including phenoxy) is 2.